The van der Waals surface area contributed by atoms with E-state index in [2.05, 4.69) is 17.2 Å². The van der Waals surface area contributed by atoms with Crippen LogP contribution in [0, 0.1) is 6.92 Å². The van der Waals surface area contributed by atoms with Gasteiger partial charge in [-0.25, -0.2) is 9.78 Å². The topological polar surface area (TPSA) is 63.7 Å². The van der Waals surface area contributed by atoms with Crippen LogP contribution in [0.5, 0.6) is 0 Å². The van der Waals surface area contributed by atoms with Gasteiger partial charge < -0.3 is 14.4 Å². The highest BCUT2D eigenvalue weighted by atomic mass is 32.1. The van der Waals surface area contributed by atoms with E-state index < -0.39 is 0 Å². The minimum atomic E-state index is -0.0887. The van der Waals surface area contributed by atoms with Crippen LogP contribution in [0.3, 0.4) is 0 Å². The molecule has 1 aromatic rings. The normalized spacial score (nSPS) is 18.8. The molecule has 1 unspecified atom stereocenters. The molecule has 1 N–H and O–H groups in total. The number of anilines is 1. The minimum Gasteiger partial charge on any atom is -0.379 e. The Morgan fingerprint density at radius 1 is 1.57 bits per heavy atom. The van der Waals surface area contributed by atoms with Crippen molar-refractivity contribution in [1.29, 1.82) is 0 Å². The lowest BCUT2D eigenvalue weighted by Crippen LogP contribution is -2.48. The lowest BCUT2D eigenvalue weighted by atomic mass is 10.3. The Bertz CT molecular complexity index is 478. The zero-order valence-electron chi connectivity index (χ0n) is 12.8. The lowest BCUT2D eigenvalue weighted by molar-refractivity contribution is -0.0555. The van der Waals surface area contributed by atoms with Crippen molar-refractivity contribution in [3.05, 3.63) is 10.7 Å². The number of nitrogens with one attached hydrogen (secondary N) is 1. The Morgan fingerprint density at radius 3 is 3.05 bits per heavy atom. The van der Waals surface area contributed by atoms with Gasteiger partial charge in [-0.1, -0.05) is 6.92 Å². The third-order valence-corrected chi connectivity index (χ3v) is 4.51. The van der Waals surface area contributed by atoms with Crippen molar-refractivity contribution in [2.75, 3.05) is 38.2 Å². The maximum absolute atomic E-state index is 12.3. The van der Waals surface area contributed by atoms with Gasteiger partial charge in [0.1, 0.15) is 5.00 Å². The summed E-state index contributed by atoms with van der Waals surface area (Å²) in [4.78, 5) is 18.5. The van der Waals surface area contributed by atoms with Crippen LogP contribution in [0.1, 0.15) is 24.5 Å². The molecule has 7 heteroatoms. The summed E-state index contributed by atoms with van der Waals surface area (Å²) in [6, 6.07) is -0.0887. The predicted molar refractivity (Wildman–Crippen MR) is 83.1 cm³/mol. The van der Waals surface area contributed by atoms with Crippen LogP contribution in [0.25, 0.3) is 0 Å². The molecule has 1 fully saturated rings. The average Bonchev–Trinajstić information content (AvgIpc) is 2.85. The van der Waals surface area contributed by atoms with Gasteiger partial charge >= 0.3 is 6.03 Å². The van der Waals surface area contributed by atoms with Crippen molar-refractivity contribution in [2.24, 2.45) is 0 Å². The Hall–Kier alpha value is -1.18. The fourth-order valence-electron chi connectivity index (χ4n) is 2.15. The Kier molecular flexibility index (Phi) is 5.96. The van der Waals surface area contributed by atoms with Gasteiger partial charge in [-0.3, -0.25) is 5.32 Å². The number of hydrogen-bond acceptors (Lipinski definition) is 5. The molecule has 0 saturated carbocycles. The fourth-order valence-corrected chi connectivity index (χ4v) is 3.04. The summed E-state index contributed by atoms with van der Waals surface area (Å²) in [6.07, 6.45) is 0.841. The highest BCUT2D eigenvalue weighted by molar-refractivity contribution is 7.16. The fraction of sp³-hybridized carbons (Fsp3) is 0.714. The third kappa shape index (κ3) is 4.39. The summed E-state index contributed by atoms with van der Waals surface area (Å²) in [5, 5.41) is 4.84. The molecule has 2 rings (SSSR count). The number of amides is 2. The first kappa shape index (κ1) is 16.2. The summed E-state index contributed by atoms with van der Waals surface area (Å²) in [5.74, 6) is 0. The first-order chi connectivity index (χ1) is 10.1. The van der Waals surface area contributed by atoms with E-state index in [1.165, 1.54) is 0 Å². The number of urea groups is 1. The molecule has 0 radical (unpaired) electrons. The zero-order chi connectivity index (χ0) is 15.2. The third-order valence-electron chi connectivity index (χ3n) is 3.30. The molecule has 1 atom stereocenters. The van der Waals surface area contributed by atoms with Gasteiger partial charge in [0.15, 0.2) is 0 Å². The van der Waals surface area contributed by atoms with Gasteiger partial charge in [-0.05, 0) is 20.3 Å². The largest absolute Gasteiger partial charge is 0.379 e. The summed E-state index contributed by atoms with van der Waals surface area (Å²) < 4.78 is 11.0. The molecule has 1 aromatic heterocycles. The zero-order valence-corrected chi connectivity index (χ0v) is 13.7. The number of hydrogen-bond donors (Lipinski definition) is 1. The number of thiazole rings is 1. The van der Waals surface area contributed by atoms with Crippen LogP contribution in [-0.4, -0.2) is 54.9 Å². The van der Waals surface area contributed by atoms with Gasteiger partial charge in [0.2, 0.25) is 0 Å². The smallest absolute Gasteiger partial charge is 0.322 e. The molecule has 6 nitrogen and oxygen atoms in total. The van der Waals surface area contributed by atoms with Gasteiger partial charge in [-0.2, -0.15) is 0 Å². The second-order valence-corrected chi connectivity index (χ2v) is 5.99. The summed E-state index contributed by atoms with van der Waals surface area (Å²) in [5.41, 5.74) is 0.879. The quantitative estimate of drug-likeness (QED) is 0.906. The summed E-state index contributed by atoms with van der Waals surface area (Å²) in [7, 11) is 0. The van der Waals surface area contributed by atoms with Crippen LogP contribution in [0.4, 0.5) is 9.80 Å². The molecule has 0 spiro atoms. The standard InChI is InChI=1S/C14H23N3O3S/c1-4-12-15-10(3)13(21-12)16-14(18)17-6-7-20-11(8-17)9-19-5-2/h11H,4-9H2,1-3H3,(H,16,18). The van der Waals surface area contributed by atoms with Gasteiger partial charge in [0.25, 0.3) is 0 Å². The van der Waals surface area contributed by atoms with Crippen LogP contribution in [0.15, 0.2) is 0 Å². The number of carbonyl (C=O) groups is 1. The Morgan fingerprint density at radius 2 is 2.38 bits per heavy atom. The highest BCUT2D eigenvalue weighted by Gasteiger charge is 2.25. The van der Waals surface area contributed by atoms with Crippen molar-refractivity contribution in [2.45, 2.75) is 33.3 Å². The van der Waals surface area contributed by atoms with Gasteiger partial charge in [-0.15, -0.1) is 11.3 Å². The molecular formula is C14H23N3O3S. The lowest BCUT2D eigenvalue weighted by Gasteiger charge is -2.32. The van der Waals surface area contributed by atoms with E-state index in [1.54, 1.807) is 16.2 Å². The molecule has 2 heterocycles. The Labute approximate surface area is 129 Å². The number of carbonyl (C=O) groups excluding carboxylic acids is 1. The number of aryl methyl sites for hydroxylation is 2. The molecule has 0 bridgehead atoms. The molecule has 2 amide bonds. The predicted octanol–water partition coefficient (Wildman–Crippen LogP) is 2.28. The van der Waals surface area contributed by atoms with Crippen LogP contribution in [0.2, 0.25) is 0 Å². The van der Waals surface area contributed by atoms with E-state index in [0.29, 0.717) is 32.9 Å². The second kappa shape index (κ2) is 7.72. The minimum absolute atomic E-state index is 0.0433. The van der Waals surface area contributed by atoms with E-state index in [-0.39, 0.29) is 12.1 Å². The van der Waals surface area contributed by atoms with Crippen LogP contribution >= 0.6 is 11.3 Å². The van der Waals surface area contributed by atoms with Gasteiger partial charge in [0, 0.05) is 13.2 Å². The van der Waals surface area contributed by atoms with Crippen LogP contribution in [-0.2, 0) is 15.9 Å². The highest BCUT2D eigenvalue weighted by Crippen LogP contribution is 2.24. The number of morpholine rings is 1. The Balaban J connectivity index is 1.91. The molecule has 1 aliphatic heterocycles. The van der Waals surface area contributed by atoms with E-state index in [0.717, 1.165) is 22.1 Å². The summed E-state index contributed by atoms with van der Waals surface area (Å²) >= 11 is 1.54. The second-order valence-electron chi connectivity index (χ2n) is 4.90. The van der Waals surface area contributed by atoms with Gasteiger partial charge in [0.05, 0.1) is 36.6 Å². The van der Waals surface area contributed by atoms with Crippen molar-refractivity contribution in [3.8, 4) is 0 Å². The maximum Gasteiger partial charge on any atom is 0.322 e. The van der Waals surface area contributed by atoms with Crippen molar-refractivity contribution >= 4 is 22.4 Å². The maximum atomic E-state index is 12.3. The number of ether oxygens (including phenoxy) is 2. The average molecular weight is 313 g/mol. The number of rotatable bonds is 5. The molecule has 1 saturated heterocycles. The van der Waals surface area contributed by atoms with E-state index in [9.17, 15) is 4.79 Å². The van der Waals surface area contributed by atoms with E-state index in [1.807, 2.05) is 13.8 Å². The van der Waals surface area contributed by atoms with Crippen molar-refractivity contribution in [1.82, 2.24) is 9.88 Å². The monoisotopic (exact) mass is 313 g/mol. The van der Waals surface area contributed by atoms with Crippen LogP contribution < -0.4 is 5.32 Å². The van der Waals surface area contributed by atoms with Crippen molar-refractivity contribution < 1.29 is 14.3 Å². The molecule has 1 aliphatic rings. The molecule has 118 valence electrons. The first-order valence-electron chi connectivity index (χ1n) is 7.35. The molecule has 0 aliphatic carbocycles. The van der Waals surface area contributed by atoms with Crippen molar-refractivity contribution in [3.63, 3.8) is 0 Å². The first-order valence-corrected chi connectivity index (χ1v) is 8.17. The molecular weight excluding hydrogens is 290 g/mol. The molecule has 21 heavy (non-hydrogen) atoms. The van der Waals surface area contributed by atoms with E-state index in [4.69, 9.17) is 9.47 Å². The van der Waals surface area contributed by atoms with E-state index >= 15 is 0 Å². The number of aromatic nitrogens is 1. The number of nitrogens with zero attached hydrogens (tertiary/aromatic N) is 2. The molecule has 0 aromatic carbocycles. The SMILES string of the molecule is CCOCC1CN(C(=O)Nc2sc(CC)nc2C)CCO1. The summed E-state index contributed by atoms with van der Waals surface area (Å²) in [6.45, 7) is 8.83.